The van der Waals surface area contributed by atoms with Gasteiger partial charge in [0.15, 0.2) is 0 Å². The molecule has 0 atom stereocenters. The minimum Gasteiger partial charge on any atom is -0.373 e. The highest BCUT2D eigenvalue weighted by molar-refractivity contribution is 14.1. The summed E-state index contributed by atoms with van der Waals surface area (Å²) in [5, 5.41) is 5.45. The lowest BCUT2D eigenvalue weighted by atomic mass is 10.3. The van der Waals surface area contributed by atoms with Crippen LogP contribution in [0.15, 0.2) is 30.3 Å². The van der Waals surface area contributed by atoms with Gasteiger partial charge in [0, 0.05) is 16.7 Å². The average molecular weight is 394 g/mol. The third-order valence-electron chi connectivity index (χ3n) is 2.37. The molecule has 0 amide bonds. The summed E-state index contributed by atoms with van der Waals surface area (Å²) in [5.41, 5.74) is 0.682. The number of alkyl halides is 3. The van der Waals surface area contributed by atoms with Crippen LogP contribution in [0.4, 0.5) is 30.5 Å². The monoisotopic (exact) mass is 394 g/mol. The summed E-state index contributed by atoms with van der Waals surface area (Å²) in [5.74, 6) is -1.00. The summed E-state index contributed by atoms with van der Waals surface area (Å²) < 4.78 is 39.0. The van der Waals surface area contributed by atoms with Crippen molar-refractivity contribution < 1.29 is 13.2 Å². The Kier molecular flexibility index (Phi) is 4.31. The van der Waals surface area contributed by atoms with Gasteiger partial charge in [-0.25, -0.2) is 9.97 Å². The second kappa shape index (κ2) is 5.81. The maximum absolute atomic E-state index is 12.7. The molecule has 1 heterocycles. The molecule has 2 N–H and O–H groups in total. The number of anilines is 3. The maximum Gasteiger partial charge on any atom is 0.451 e. The first-order valence-electron chi connectivity index (χ1n) is 5.56. The number of rotatable bonds is 3. The topological polar surface area (TPSA) is 49.8 Å². The lowest BCUT2D eigenvalue weighted by molar-refractivity contribution is -0.144. The average Bonchev–Trinajstić information content (AvgIpc) is 2.40. The lowest BCUT2D eigenvalue weighted by Gasteiger charge is -2.12. The van der Waals surface area contributed by atoms with Gasteiger partial charge in [0.05, 0.1) is 5.69 Å². The van der Waals surface area contributed by atoms with Gasteiger partial charge in [-0.3, -0.25) is 0 Å². The summed E-state index contributed by atoms with van der Waals surface area (Å²) in [4.78, 5) is 6.90. The fourth-order valence-electron chi connectivity index (χ4n) is 1.47. The molecule has 106 valence electrons. The molecular formula is C12H10F3IN4. The smallest absolute Gasteiger partial charge is 0.373 e. The van der Waals surface area contributed by atoms with Crippen molar-refractivity contribution in [1.29, 1.82) is 0 Å². The van der Waals surface area contributed by atoms with Crippen LogP contribution in [0.2, 0.25) is 0 Å². The zero-order valence-electron chi connectivity index (χ0n) is 10.3. The highest BCUT2D eigenvalue weighted by atomic mass is 127. The van der Waals surface area contributed by atoms with Crippen LogP contribution in [0.5, 0.6) is 0 Å². The molecule has 4 nitrogen and oxygen atoms in total. The third kappa shape index (κ3) is 3.50. The third-order valence-corrected chi connectivity index (χ3v) is 3.31. The Hall–Kier alpha value is -1.58. The Bertz CT molecular complexity index is 616. The van der Waals surface area contributed by atoms with Gasteiger partial charge < -0.3 is 10.6 Å². The quantitative estimate of drug-likeness (QED) is 0.776. The van der Waals surface area contributed by atoms with Gasteiger partial charge in [0.2, 0.25) is 5.82 Å². The van der Waals surface area contributed by atoms with Crippen molar-refractivity contribution in [1.82, 2.24) is 9.97 Å². The zero-order valence-corrected chi connectivity index (χ0v) is 12.5. The number of aromatic nitrogens is 2. The Morgan fingerprint density at radius 1 is 1.10 bits per heavy atom. The van der Waals surface area contributed by atoms with Crippen LogP contribution in [0.1, 0.15) is 5.82 Å². The number of benzene rings is 1. The van der Waals surface area contributed by atoms with E-state index >= 15 is 0 Å². The second-order valence-corrected chi connectivity index (χ2v) is 4.98. The van der Waals surface area contributed by atoms with Crippen molar-refractivity contribution in [3.63, 3.8) is 0 Å². The first-order valence-corrected chi connectivity index (χ1v) is 6.63. The predicted octanol–water partition coefficient (Wildman–Crippen LogP) is 3.89. The molecular weight excluding hydrogens is 384 g/mol. The van der Waals surface area contributed by atoms with E-state index in [0.717, 1.165) is 3.57 Å². The van der Waals surface area contributed by atoms with Gasteiger partial charge in [-0.05, 0) is 34.7 Å². The SMILES string of the molecule is CNc1cc(Nc2ccccc2I)nc(C(F)(F)F)n1. The molecule has 0 radical (unpaired) electrons. The zero-order chi connectivity index (χ0) is 14.8. The van der Waals surface area contributed by atoms with Crippen molar-refractivity contribution >= 4 is 39.9 Å². The molecule has 0 unspecified atom stereocenters. The van der Waals surface area contributed by atoms with Gasteiger partial charge >= 0.3 is 6.18 Å². The van der Waals surface area contributed by atoms with E-state index in [1.54, 1.807) is 12.1 Å². The molecule has 0 aliphatic carbocycles. The fraction of sp³-hybridized carbons (Fsp3) is 0.167. The van der Waals surface area contributed by atoms with Crippen LogP contribution in [-0.2, 0) is 6.18 Å². The number of hydrogen-bond donors (Lipinski definition) is 2. The van der Waals surface area contributed by atoms with Crippen LogP contribution in [0, 0.1) is 3.57 Å². The molecule has 20 heavy (non-hydrogen) atoms. The van der Waals surface area contributed by atoms with Crippen molar-refractivity contribution in [3.05, 3.63) is 39.7 Å². The molecule has 0 saturated heterocycles. The molecule has 1 aromatic heterocycles. The second-order valence-electron chi connectivity index (χ2n) is 3.81. The molecule has 0 saturated carbocycles. The Balaban J connectivity index is 2.39. The van der Waals surface area contributed by atoms with Crippen LogP contribution < -0.4 is 10.6 Å². The van der Waals surface area contributed by atoms with E-state index in [1.807, 2.05) is 12.1 Å². The molecule has 8 heteroatoms. The molecule has 0 aliphatic heterocycles. The van der Waals surface area contributed by atoms with Crippen molar-refractivity contribution in [2.75, 3.05) is 17.7 Å². The van der Waals surface area contributed by atoms with E-state index in [0.29, 0.717) is 5.69 Å². The molecule has 0 spiro atoms. The minimum absolute atomic E-state index is 0.0841. The summed E-state index contributed by atoms with van der Waals surface area (Å²) in [6.07, 6.45) is -4.59. The van der Waals surface area contributed by atoms with Gasteiger partial charge in [-0.1, -0.05) is 12.1 Å². The van der Waals surface area contributed by atoms with E-state index in [1.165, 1.54) is 13.1 Å². The van der Waals surface area contributed by atoms with Gasteiger partial charge in [0.25, 0.3) is 0 Å². The van der Waals surface area contributed by atoms with E-state index in [-0.39, 0.29) is 11.6 Å². The van der Waals surface area contributed by atoms with Crippen LogP contribution in [0.3, 0.4) is 0 Å². The standard InChI is InChI=1S/C12H10F3IN4/c1-17-9-6-10(20-11(19-9)12(13,14)15)18-8-5-3-2-4-7(8)16/h2-6H,1H3,(H2,17,18,19,20). The first kappa shape index (κ1) is 14.8. The summed E-state index contributed by atoms with van der Waals surface area (Å²) >= 11 is 2.09. The molecule has 1 aromatic carbocycles. The van der Waals surface area contributed by atoms with E-state index < -0.39 is 12.0 Å². The summed E-state index contributed by atoms with van der Waals surface area (Å²) in [6.45, 7) is 0. The van der Waals surface area contributed by atoms with Crippen LogP contribution in [-0.4, -0.2) is 17.0 Å². The Morgan fingerprint density at radius 3 is 2.35 bits per heavy atom. The first-order chi connectivity index (χ1) is 9.40. The van der Waals surface area contributed by atoms with Crippen molar-refractivity contribution in [2.24, 2.45) is 0 Å². The highest BCUT2D eigenvalue weighted by Gasteiger charge is 2.35. The van der Waals surface area contributed by atoms with Crippen LogP contribution in [0.25, 0.3) is 0 Å². The molecule has 2 rings (SSSR count). The molecule has 0 aliphatic rings. The van der Waals surface area contributed by atoms with Crippen LogP contribution >= 0.6 is 22.6 Å². The van der Waals surface area contributed by atoms with Gasteiger partial charge in [0.1, 0.15) is 11.6 Å². The Morgan fingerprint density at radius 2 is 1.75 bits per heavy atom. The molecule has 2 aromatic rings. The lowest BCUT2D eigenvalue weighted by Crippen LogP contribution is -2.13. The van der Waals surface area contributed by atoms with Crippen molar-refractivity contribution in [3.8, 4) is 0 Å². The fourth-order valence-corrected chi connectivity index (χ4v) is 1.99. The van der Waals surface area contributed by atoms with E-state index in [4.69, 9.17) is 0 Å². The largest absolute Gasteiger partial charge is 0.451 e. The van der Waals surface area contributed by atoms with Gasteiger partial charge in [-0.15, -0.1) is 0 Å². The van der Waals surface area contributed by atoms with E-state index in [2.05, 4.69) is 43.2 Å². The highest BCUT2D eigenvalue weighted by Crippen LogP contribution is 2.29. The van der Waals surface area contributed by atoms with E-state index in [9.17, 15) is 13.2 Å². The number of hydrogen-bond acceptors (Lipinski definition) is 4. The number of halogens is 4. The summed E-state index contributed by atoms with van der Waals surface area (Å²) in [6, 6.07) is 8.64. The number of nitrogens with zero attached hydrogens (tertiary/aromatic N) is 2. The predicted molar refractivity (Wildman–Crippen MR) is 79.0 cm³/mol. The number of para-hydroxylation sites is 1. The number of nitrogens with one attached hydrogen (secondary N) is 2. The van der Waals surface area contributed by atoms with Gasteiger partial charge in [-0.2, -0.15) is 13.2 Å². The molecule has 0 bridgehead atoms. The Labute approximate surface area is 127 Å². The summed E-state index contributed by atoms with van der Waals surface area (Å²) in [7, 11) is 1.50. The molecule has 0 fully saturated rings. The van der Waals surface area contributed by atoms with Crippen molar-refractivity contribution in [2.45, 2.75) is 6.18 Å². The minimum atomic E-state index is -4.59. The maximum atomic E-state index is 12.7. The normalized spacial score (nSPS) is 11.2.